The van der Waals surface area contributed by atoms with Gasteiger partial charge in [0.2, 0.25) is 0 Å². The Kier molecular flexibility index (Phi) is 3.70. The van der Waals surface area contributed by atoms with E-state index in [-0.39, 0.29) is 11.6 Å². The van der Waals surface area contributed by atoms with Crippen molar-refractivity contribution < 1.29 is 19.1 Å². The van der Waals surface area contributed by atoms with Gasteiger partial charge in [0.25, 0.3) is 0 Å². The summed E-state index contributed by atoms with van der Waals surface area (Å²) in [7, 11) is 0. The van der Waals surface area contributed by atoms with Gasteiger partial charge in [-0.3, -0.25) is 14.4 Å². The quantitative estimate of drug-likeness (QED) is 0.324. The largest absolute Gasteiger partial charge is 0.425 e. The van der Waals surface area contributed by atoms with Crippen LogP contribution in [0.4, 0.5) is 0 Å². The number of fused-ring (bicyclic) bond motifs is 3. The summed E-state index contributed by atoms with van der Waals surface area (Å²) in [5, 5.41) is 0. The lowest BCUT2D eigenvalue weighted by molar-refractivity contribution is -0.148. The van der Waals surface area contributed by atoms with Crippen molar-refractivity contribution in [2.75, 3.05) is 0 Å². The van der Waals surface area contributed by atoms with Crippen LogP contribution in [0, 0.1) is 10.8 Å². The van der Waals surface area contributed by atoms with Crippen molar-refractivity contribution in [1.29, 1.82) is 0 Å². The zero-order valence-electron chi connectivity index (χ0n) is 14.4. The molecule has 0 unspecified atom stereocenters. The van der Waals surface area contributed by atoms with Crippen LogP contribution < -0.4 is 4.74 Å². The minimum absolute atomic E-state index is 0.179. The molecule has 3 atom stereocenters. The second-order valence-electron chi connectivity index (χ2n) is 6.89. The maximum Gasteiger partial charge on any atom is 0.326 e. The van der Waals surface area contributed by atoms with Crippen molar-refractivity contribution in [3.05, 3.63) is 64.1 Å². The topological polar surface area (TPSA) is 60.4 Å². The van der Waals surface area contributed by atoms with Crippen LogP contribution in [0.2, 0.25) is 0 Å². The van der Waals surface area contributed by atoms with E-state index in [1.54, 1.807) is 36.4 Å². The zero-order chi connectivity index (χ0) is 18.7. The summed E-state index contributed by atoms with van der Waals surface area (Å²) < 4.78 is 6.35. The first-order chi connectivity index (χ1) is 12.4. The number of Topliss-reactive ketones (excluding diaryl/α,β-unsaturated/α-hetero) is 2. The number of carbonyl (C=O) groups excluding carboxylic acids is 3. The van der Waals surface area contributed by atoms with Crippen LogP contribution in [0.15, 0.2) is 53.0 Å². The van der Waals surface area contributed by atoms with E-state index in [1.165, 1.54) is 6.92 Å². The summed E-state index contributed by atoms with van der Waals surface area (Å²) >= 11 is 3.36. The molecule has 26 heavy (non-hydrogen) atoms. The molecule has 2 aromatic carbocycles. The van der Waals surface area contributed by atoms with Gasteiger partial charge in [0, 0.05) is 21.5 Å². The minimum atomic E-state index is -1.43. The highest BCUT2D eigenvalue weighted by Crippen LogP contribution is 2.80. The smallest absolute Gasteiger partial charge is 0.326 e. The Morgan fingerprint density at radius 3 is 2.38 bits per heavy atom. The number of carbonyl (C=O) groups is 3. The van der Waals surface area contributed by atoms with Crippen molar-refractivity contribution >= 4 is 33.5 Å². The molecule has 1 aliphatic heterocycles. The van der Waals surface area contributed by atoms with Crippen LogP contribution in [0.25, 0.3) is 0 Å². The molecule has 1 saturated carbocycles. The fourth-order valence-corrected chi connectivity index (χ4v) is 5.06. The molecular weight excluding hydrogens is 396 g/mol. The first-order valence-electron chi connectivity index (χ1n) is 8.54. The van der Waals surface area contributed by atoms with Gasteiger partial charge in [-0.2, -0.15) is 0 Å². The Labute approximate surface area is 159 Å². The summed E-state index contributed by atoms with van der Waals surface area (Å²) in [6.07, 6.45) is 0.385. The molecule has 0 aromatic heterocycles. The van der Waals surface area contributed by atoms with Crippen LogP contribution in [0.5, 0.6) is 5.75 Å². The van der Waals surface area contributed by atoms with Crippen molar-refractivity contribution in [3.8, 4) is 5.75 Å². The molecule has 0 N–H and O–H groups in total. The van der Waals surface area contributed by atoms with Crippen LogP contribution >= 0.6 is 15.9 Å². The Hall–Kier alpha value is -2.27. The van der Waals surface area contributed by atoms with Crippen molar-refractivity contribution in [3.63, 3.8) is 0 Å². The first kappa shape index (κ1) is 17.2. The van der Waals surface area contributed by atoms with Crippen LogP contribution in [-0.4, -0.2) is 17.5 Å². The van der Waals surface area contributed by atoms with Crippen molar-refractivity contribution in [2.45, 2.75) is 26.2 Å². The molecule has 0 spiro atoms. The molecule has 1 aliphatic carbocycles. The number of benzene rings is 2. The maximum atomic E-state index is 13.5. The molecule has 0 amide bonds. The molecule has 1 fully saturated rings. The highest BCUT2D eigenvalue weighted by molar-refractivity contribution is 9.10. The van der Waals surface area contributed by atoms with E-state index >= 15 is 0 Å². The molecule has 5 heteroatoms. The van der Waals surface area contributed by atoms with E-state index in [2.05, 4.69) is 15.9 Å². The van der Waals surface area contributed by atoms with Gasteiger partial charge in [-0.1, -0.05) is 53.2 Å². The van der Waals surface area contributed by atoms with Gasteiger partial charge < -0.3 is 4.74 Å². The van der Waals surface area contributed by atoms with E-state index in [4.69, 9.17) is 4.74 Å². The van der Waals surface area contributed by atoms with Crippen molar-refractivity contribution in [1.82, 2.24) is 0 Å². The molecule has 4 rings (SSSR count). The molecule has 2 aliphatic rings. The Balaban J connectivity index is 1.93. The zero-order valence-corrected chi connectivity index (χ0v) is 16.0. The van der Waals surface area contributed by atoms with Gasteiger partial charge in [-0.05, 0) is 31.5 Å². The minimum Gasteiger partial charge on any atom is -0.425 e. The Morgan fingerprint density at radius 2 is 1.77 bits per heavy atom. The molecule has 1 heterocycles. The lowest BCUT2D eigenvalue weighted by atomic mass is 9.81. The van der Waals surface area contributed by atoms with Crippen LogP contribution in [0.3, 0.4) is 0 Å². The summed E-state index contributed by atoms with van der Waals surface area (Å²) in [6.45, 7) is 3.24. The highest BCUT2D eigenvalue weighted by atomic mass is 79.9. The number of hydrogen-bond donors (Lipinski definition) is 0. The van der Waals surface area contributed by atoms with Gasteiger partial charge >= 0.3 is 5.97 Å². The van der Waals surface area contributed by atoms with Gasteiger partial charge in [0.15, 0.2) is 5.78 Å². The van der Waals surface area contributed by atoms with Gasteiger partial charge in [0.1, 0.15) is 16.9 Å². The molecule has 0 radical (unpaired) electrons. The number of rotatable bonds is 4. The molecule has 0 bridgehead atoms. The molecule has 4 nitrogen and oxygen atoms in total. The number of para-hydroxylation sites is 1. The fourth-order valence-electron chi connectivity index (χ4n) is 4.80. The standard InChI is InChI=1S/C21H17BrO4/c1-3-20(18(24)13-8-10-14(22)11-9-13)17-15-6-4-5-7-16(15)26-19(25)21(17,20)12(2)23/h4-11,17H,3H2,1-2H3/t17-,20-,21+/m1/s1. The van der Waals surface area contributed by atoms with E-state index in [1.807, 2.05) is 19.1 Å². The van der Waals surface area contributed by atoms with Gasteiger partial charge in [-0.25, -0.2) is 0 Å². The summed E-state index contributed by atoms with van der Waals surface area (Å²) in [5.74, 6) is -1.14. The number of esters is 1. The van der Waals surface area contributed by atoms with Gasteiger partial charge in [-0.15, -0.1) is 0 Å². The monoisotopic (exact) mass is 412 g/mol. The van der Waals surface area contributed by atoms with Crippen LogP contribution in [0.1, 0.15) is 42.1 Å². The predicted molar refractivity (Wildman–Crippen MR) is 99.1 cm³/mol. The van der Waals surface area contributed by atoms with E-state index < -0.39 is 22.7 Å². The second-order valence-corrected chi connectivity index (χ2v) is 7.80. The number of ketones is 2. The molecule has 0 saturated heterocycles. The van der Waals surface area contributed by atoms with Gasteiger partial charge in [0.05, 0.1) is 5.41 Å². The SMILES string of the molecule is CC[C@]1(C(=O)c2ccc(Br)cc2)[C@H]2c3ccccc3OC(=O)[C@]21C(C)=O. The van der Waals surface area contributed by atoms with E-state index in [0.29, 0.717) is 17.7 Å². The summed E-state index contributed by atoms with van der Waals surface area (Å²) in [4.78, 5) is 39.1. The maximum absolute atomic E-state index is 13.5. The first-order valence-corrected chi connectivity index (χ1v) is 9.33. The third-order valence-electron chi connectivity index (χ3n) is 5.93. The lowest BCUT2D eigenvalue weighted by Crippen LogP contribution is -2.38. The van der Waals surface area contributed by atoms with E-state index in [0.717, 1.165) is 10.0 Å². The predicted octanol–water partition coefficient (Wildman–Crippen LogP) is 4.32. The summed E-state index contributed by atoms with van der Waals surface area (Å²) in [5.41, 5.74) is -1.28. The molecular formula is C21H17BrO4. The average Bonchev–Trinajstić information content (AvgIpc) is 3.29. The number of ether oxygens (including phenoxy) is 1. The average molecular weight is 413 g/mol. The third kappa shape index (κ3) is 1.87. The lowest BCUT2D eigenvalue weighted by Gasteiger charge is -2.22. The number of halogens is 1. The second kappa shape index (κ2) is 5.61. The highest BCUT2D eigenvalue weighted by Gasteiger charge is 2.87. The third-order valence-corrected chi connectivity index (χ3v) is 6.45. The fraction of sp³-hybridized carbons (Fsp3) is 0.286. The van der Waals surface area contributed by atoms with Crippen LogP contribution in [-0.2, 0) is 9.59 Å². The molecule has 132 valence electrons. The Morgan fingerprint density at radius 1 is 1.12 bits per heavy atom. The van der Waals surface area contributed by atoms with Crippen molar-refractivity contribution in [2.24, 2.45) is 10.8 Å². The number of hydrogen-bond acceptors (Lipinski definition) is 4. The Bertz CT molecular complexity index is 949. The van der Waals surface area contributed by atoms with E-state index in [9.17, 15) is 14.4 Å². The normalized spacial score (nSPS) is 28.6. The molecule has 2 aromatic rings. The summed E-state index contributed by atoms with van der Waals surface area (Å²) in [6, 6.07) is 14.2.